The van der Waals surface area contributed by atoms with Crippen LogP contribution in [0, 0.1) is 0 Å². The fourth-order valence-electron chi connectivity index (χ4n) is 0.826. The normalized spacial score (nSPS) is 11.0. The molecule has 0 aromatic heterocycles. The number of carboxylic acid groups (broad SMARTS) is 1. The van der Waals surface area contributed by atoms with Crippen LogP contribution in [-0.4, -0.2) is 23.7 Å². The van der Waals surface area contributed by atoms with Gasteiger partial charge in [0.1, 0.15) is 6.61 Å². The molecule has 0 aliphatic rings. The van der Waals surface area contributed by atoms with Gasteiger partial charge in [0.05, 0.1) is 0 Å². The predicted octanol–water partition coefficient (Wildman–Crippen LogP) is 1.92. The van der Waals surface area contributed by atoms with Crippen molar-refractivity contribution >= 4 is 11.9 Å². The van der Waals surface area contributed by atoms with Crippen molar-refractivity contribution in [1.29, 1.82) is 0 Å². The predicted molar refractivity (Wildman–Crippen MR) is 56.4 cm³/mol. The van der Waals surface area contributed by atoms with Crippen LogP contribution < -0.4 is 0 Å². The van der Waals surface area contributed by atoms with Crippen LogP contribution in [0.25, 0.3) is 0 Å². The maximum absolute atomic E-state index is 10.8. The molecule has 0 aliphatic heterocycles. The zero-order valence-electron chi connectivity index (χ0n) is 8.81. The zero-order chi connectivity index (χ0) is 11.5. The molecule has 0 spiro atoms. The van der Waals surface area contributed by atoms with Crippen LogP contribution in [0.2, 0.25) is 0 Å². The molecule has 15 heavy (non-hydrogen) atoms. The minimum atomic E-state index is -1.16. The third kappa shape index (κ3) is 10.3. The lowest BCUT2D eigenvalue weighted by molar-refractivity contribution is -0.137. The monoisotopic (exact) mass is 212 g/mol. The van der Waals surface area contributed by atoms with E-state index >= 15 is 0 Å². The van der Waals surface area contributed by atoms with Gasteiger partial charge in [-0.05, 0) is 6.42 Å². The van der Waals surface area contributed by atoms with E-state index in [1.165, 1.54) is 0 Å². The number of carboxylic acids is 1. The van der Waals surface area contributed by atoms with E-state index in [2.05, 4.69) is 6.92 Å². The summed E-state index contributed by atoms with van der Waals surface area (Å²) in [6.45, 7) is 2.29. The van der Waals surface area contributed by atoms with Crippen LogP contribution in [-0.2, 0) is 14.3 Å². The molecule has 0 heterocycles. The molecular weight excluding hydrogens is 196 g/mol. The van der Waals surface area contributed by atoms with Crippen molar-refractivity contribution in [3.05, 3.63) is 24.3 Å². The van der Waals surface area contributed by atoms with E-state index in [1.54, 1.807) is 6.08 Å². The number of unbranched alkanes of at least 4 members (excludes halogenated alkanes) is 2. The Bertz CT molecular complexity index is 253. The van der Waals surface area contributed by atoms with Crippen molar-refractivity contribution in [1.82, 2.24) is 0 Å². The van der Waals surface area contributed by atoms with E-state index in [1.807, 2.05) is 6.08 Å². The molecule has 4 nitrogen and oxygen atoms in total. The SMILES string of the molecule is CCCCC=CCOC(=O)/C=C\C(=O)O. The molecule has 4 heteroatoms. The van der Waals surface area contributed by atoms with E-state index < -0.39 is 11.9 Å². The molecule has 0 amide bonds. The van der Waals surface area contributed by atoms with E-state index in [4.69, 9.17) is 9.84 Å². The number of rotatable bonds is 7. The van der Waals surface area contributed by atoms with Crippen LogP contribution in [0.1, 0.15) is 26.2 Å². The summed E-state index contributed by atoms with van der Waals surface area (Å²) in [5.41, 5.74) is 0. The fourth-order valence-corrected chi connectivity index (χ4v) is 0.826. The largest absolute Gasteiger partial charge is 0.478 e. The van der Waals surface area contributed by atoms with Gasteiger partial charge in [-0.1, -0.05) is 31.9 Å². The molecule has 0 aromatic carbocycles. The van der Waals surface area contributed by atoms with Crippen LogP contribution in [0.5, 0.6) is 0 Å². The average Bonchev–Trinajstić information content (AvgIpc) is 2.20. The highest BCUT2D eigenvalue weighted by Gasteiger charge is 1.95. The summed E-state index contributed by atoms with van der Waals surface area (Å²) in [4.78, 5) is 20.9. The lowest BCUT2D eigenvalue weighted by Crippen LogP contribution is -2.01. The quantitative estimate of drug-likeness (QED) is 0.303. The second kappa shape index (κ2) is 8.99. The van der Waals surface area contributed by atoms with Gasteiger partial charge in [-0.2, -0.15) is 0 Å². The molecule has 0 saturated carbocycles. The molecule has 1 N–H and O–H groups in total. The highest BCUT2D eigenvalue weighted by Crippen LogP contribution is 1.94. The molecular formula is C11H16O4. The Morgan fingerprint density at radius 1 is 1.27 bits per heavy atom. The molecule has 0 saturated heterocycles. The minimum absolute atomic E-state index is 0.187. The topological polar surface area (TPSA) is 63.6 Å². The Hall–Kier alpha value is -1.58. The molecule has 0 atom stereocenters. The highest BCUT2D eigenvalue weighted by molar-refractivity contribution is 5.90. The van der Waals surface area contributed by atoms with Crippen molar-refractivity contribution in [3.63, 3.8) is 0 Å². The lowest BCUT2D eigenvalue weighted by Gasteiger charge is -1.95. The van der Waals surface area contributed by atoms with E-state index in [-0.39, 0.29) is 6.61 Å². The lowest BCUT2D eigenvalue weighted by atomic mass is 10.2. The van der Waals surface area contributed by atoms with Gasteiger partial charge in [-0.15, -0.1) is 0 Å². The maximum atomic E-state index is 10.8. The first-order chi connectivity index (χ1) is 7.16. The summed E-state index contributed by atoms with van der Waals surface area (Å²) >= 11 is 0. The van der Waals surface area contributed by atoms with Gasteiger partial charge in [0, 0.05) is 12.2 Å². The fraction of sp³-hybridized carbons (Fsp3) is 0.455. The van der Waals surface area contributed by atoms with Crippen LogP contribution in [0.4, 0.5) is 0 Å². The smallest absolute Gasteiger partial charge is 0.331 e. The summed E-state index contributed by atoms with van der Waals surface area (Å²) in [6, 6.07) is 0. The third-order valence-electron chi connectivity index (χ3n) is 1.57. The number of carbonyl (C=O) groups is 2. The Morgan fingerprint density at radius 2 is 2.00 bits per heavy atom. The average molecular weight is 212 g/mol. The molecule has 0 aliphatic carbocycles. The van der Waals surface area contributed by atoms with Crippen molar-refractivity contribution in [2.24, 2.45) is 0 Å². The molecule has 0 radical (unpaired) electrons. The summed E-state index contributed by atoms with van der Waals surface area (Å²) in [7, 11) is 0. The highest BCUT2D eigenvalue weighted by atomic mass is 16.5. The first-order valence-electron chi connectivity index (χ1n) is 4.89. The first-order valence-corrected chi connectivity index (χ1v) is 4.89. The van der Waals surface area contributed by atoms with E-state index in [0.717, 1.165) is 31.4 Å². The number of esters is 1. The zero-order valence-corrected chi connectivity index (χ0v) is 8.81. The Morgan fingerprint density at radius 3 is 2.60 bits per heavy atom. The van der Waals surface area contributed by atoms with Crippen molar-refractivity contribution < 1.29 is 19.4 Å². The van der Waals surface area contributed by atoms with Crippen molar-refractivity contribution in [2.45, 2.75) is 26.2 Å². The number of allylic oxidation sites excluding steroid dienone is 1. The third-order valence-corrected chi connectivity index (χ3v) is 1.57. The maximum Gasteiger partial charge on any atom is 0.331 e. The van der Waals surface area contributed by atoms with Crippen molar-refractivity contribution in [2.75, 3.05) is 6.61 Å². The second-order valence-electron chi connectivity index (χ2n) is 2.92. The Balaban J connectivity index is 3.55. The summed E-state index contributed by atoms with van der Waals surface area (Å²) in [5, 5.41) is 8.22. The van der Waals surface area contributed by atoms with E-state index in [9.17, 15) is 9.59 Å². The number of hydrogen-bond acceptors (Lipinski definition) is 3. The Labute approximate surface area is 89.2 Å². The van der Waals surface area contributed by atoms with Gasteiger partial charge in [0.2, 0.25) is 0 Å². The van der Waals surface area contributed by atoms with Crippen LogP contribution in [0.15, 0.2) is 24.3 Å². The minimum Gasteiger partial charge on any atom is -0.478 e. The number of ether oxygens (including phenoxy) is 1. The standard InChI is InChI=1S/C11H16O4/c1-2-3-4-5-6-9-15-11(14)8-7-10(12)13/h5-8H,2-4,9H2,1H3,(H,12,13)/b6-5?,8-7-. The molecule has 0 aromatic rings. The number of carbonyl (C=O) groups excluding carboxylic acids is 1. The molecule has 0 fully saturated rings. The Kier molecular flexibility index (Phi) is 8.05. The number of hydrogen-bond donors (Lipinski definition) is 1. The van der Waals surface area contributed by atoms with Gasteiger partial charge < -0.3 is 9.84 Å². The van der Waals surface area contributed by atoms with Gasteiger partial charge in [0.25, 0.3) is 0 Å². The summed E-state index contributed by atoms with van der Waals surface area (Å²) in [6.07, 6.45) is 8.55. The molecule has 0 bridgehead atoms. The summed E-state index contributed by atoms with van der Waals surface area (Å²) < 4.78 is 4.70. The number of aliphatic carboxylic acids is 1. The van der Waals surface area contributed by atoms with Gasteiger partial charge >= 0.3 is 11.9 Å². The van der Waals surface area contributed by atoms with Gasteiger partial charge in [-0.3, -0.25) is 0 Å². The van der Waals surface area contributed by atoms with E-state index in [0.29, 0.717) is 0 Å². The van der Waals surface area contributed by atoms with Gasteiger partial charge in [-0.25, -0.2) is 9.59 Å². The van der Waals surface area contributed by atoms with Gasteiger partial charge in [0.15, 0.2) is 0 Å². The summed E-state index contributed by atoms with van der Waals surface area (Å²) in [5.74, 6) is -1.80. The molecule has 0 rings (SSSR count). The molecule has 84 valence electrons. The molecule has 0 unspecified atom stereocenters. The van der Waals surface area contributed by atoms with Crippen molar-refractivity contribution in [3.8, 4) is 0 Å². The van der Waals surface area contributed by atoms with Crippen LogP contribution >= 0.6 is 0 Å². The first kappa shape index (κ1) is 13.4. The van der Waals surface area contributed by atoms with Crippen LogP contribution in [0.3, 0.4) is 0 Å². The second-order valence-corrected chi connectivity index (χ2v) is 2.92.